The molecule has 0 aliphatic rings. The minimum absolute atomic E-state index is 0.102. The molecule has 0 saturated carbocycles. The van der Waals surface area contributed by atoms with Crippen molar-refractivity contribution in [3.8, 4) is 11.3 Å². The van der Waals surface area contributed by atoms with Crippen LogP contribution in [0.3, 0.4) is 0 Å². The fourth-order valence-corrected chi connectivity index (χ4v) is 2.05. The van der Waals surface area contributed by atoms with Crippen LogP contribution in [0.25, 0.3) is 11.3 Å². The lowest BCUT2D eigenvalue weighted by Gasteiger charge is -2.13. The van der Waals surface area contributed by atoms with Gasteiger partial charge in [0.25, 0.3) is 0 Å². The molecule has 0 saturated heterocycles. The van der Waals surface area contributed by atoms with Gasteiger partial charge in [0, 0.05) is 11.8 Å². The van der Waals surface area contributed by atoms with Crippen LogP contribution in [0.15, 0.2) is 30.5 Å². The largest absolute Gasteiger partial charge is 0.256 e. The van der Waals surface area contributed by atoms with Gasteiger partial charge in [0.05, 0.1) is 5.69 Å². The van der Waals surface area contributed by atoms with Crippen LogP contribution in [0, 0.1) is 6.92 Å². The third kappa shape index (κ3) is 2.62. The van der Waals surface area contributed by atoms with Gasteiger partial charge in [0.1, 0.15) is 20.0 Å². The Balaban J connectivity index is 2.60. The molecule has 0 atom stereocenters. The van der Waals surface area contributed by atoms with Crippen LogP contribution in [0.2, 0.25) is 0 Å². The molecule has 1 aromatic heterocycles. The van der Waals surface area contributed by atoms with E-state index in [4.69, 9.17) is 0 Å². The summed E-state index contributed by atoms with van der Waals surface area (Å²) in [7, 11) is 0. The van der Waals surface area contributed by atoms with Gasteiger partial charge in [-0.15, -0.1) is 0 Å². The van der Waals surface area contributed by atoms with Crippen molar-refractivity contribution in [3.05, 3.63) is 52.7 Å². The summed E-state index contributed by atoms with van der Waals surface area (Å²) in [6, 6.07) is 6.69. The number of alkyl halides is 3. The maximum atomic E-state index is 13.2. The summed E-state index contributed by atoms with van der Waals surface area (Å²) in [5.41, 5.74) is 2.56. The van der Waals surface area contributed by atoms with E-state index in [2.05, 4.69) is 4.98 Å². The second kappa shape index (κ2) is 5.87. The second-order valence-corrected chi connectivity index (χ2v) is 4.35. The Labute approximate surface area is 110 Å². The Kier molecular flexibility index (Phi) is 4.20. The van der Waals surface area contributed by atoms with Crippen molar-refractivity contribution < 1.29 is 13.2 Å². The van der Waals surface area contributed by atoms with E-state index >= 15 is 0 Å². The van der Waals surface area contributed by atoms with Gasteiger partial charge in [0.2, 0.25) is 0 Å². The van der Waals surface area contributed by atoms with Gasteiger partial charge in [-0.05, 0) is 35.2 Å². The average molecular weight is 265 g/mol. The first-order valence-corrected chi connectivity index (χ1v) is 5.95. The molecule has 19 heavy (non-hydrogen) atoms. The molecule has 0 aliphatic carbocycles. The van der Waals surface area contributed by atoms with Crippen LogP contribution in [-0.4, -0.2) is 4.98 Å². The smallest absolute Gasteiger partial charge is 0.116 e. The lowest BCUT2D eigenvalue weighted by Crippen LogP contribution is -2.00. The lowest BCUT2D eigenvalue weighted by molar-refractivity contribution is 0.437. The summed E-state index contributed by atoms with van der Waals surface area (Å²) in [4.78, 5) is 4.21. The van der Waals surface area contributed by atoms with Crippen LogP contribution in [0.1, 0.15) is 22.3 Å². The predicted molar refractivity (Wildman–Crippen MR) is 68.8 cm³/mol. The quantitative estimate of drug-likeness (QED) is 0.795. The van der Waals surface area contributed by atoms with E-state index in [1.807, 2.05) is 13.0 Å². The van der Waals surface area contributed by atoms with E-state index < -0.39 is 20.0 Å². The number of benzene rings is 1. The molecule has 0 amide bonds. The number of hydrogen-bond acceptors (Lipinski definition) is 1. The average Bonchev–Trinajstić information content (AvgIpc) is 2.46. The molecule has 1 aromatic carbocycles. The third-order valence-corrected chi connectivity index (χ3v) is 3.13. The van der Waals surface area contributed by atoms with Crippen LogP contribution in [0.5, 0.6) is 0 Å². The Morgan fingerprint density at radius 3 is 2.16 bits per heavy atom. The van der Waals surface area contributed by atoms with E-state index in [-0.39, 0.29) is 16.7 Å². The molecular formula is C15H14F3N. The highest BCUT2D eigenvalue weighted by molar-refractivity contribution is 5.66. The zero-order valence-electron chi connectivity index (χ0n) is 10.6. The van der Waals surface area contributed by atoms with Crippen molar-refractivity contribution in [1.82, 2.24) is 4.98 Å². The van der Waals surface area contributed by atoms with Crippen molar-refractivity contribution in [3.63, 3.8) is 0 Å². The van der Waals surface area contributed by atoms with Gasteiger partial charge in [-0.3, -0.25) is 4.98 Å². The van der Waals surface area contributed by atoms with Gasteiger partial charge in [-0.1, -0.05) is 18.2 Å². The van der Waals surface area contributed by atoms with Gasteiger partial charge >= 0.3 is 0 Å². The predicted octanol–water partition coefficient (Wildman–Crippen LogP) is 4.47. The fourth-order valence-electron chi connectivity index (χ4n) is 2.05. The summed E-state index contributed by atoms with van der Waals surface area (Å²) >= 11 is 0. The van der Waals surface area contributed by atoms with Crippen LogP contribution in [0.4, 0.5) is 13.2 Å². The number of halogens is 3. The molecule has 0 fully saturated rings. The van der Waals surface area contributed by atoms with E-state index in [9.17, 15) is 13.2 Å². The molecule has 0 radical (unpaired) electrons. The van der Waals surface area contributed by atoms with Crippen molar-refractivity contribution in [2.24, 2.45) is 0 Å². The molecule has 0 aliphatic heterocycles. The fraction of sp³-hybridized carbons (Fsp3) is 0.267. The molecule has 0 N–H and O–H groups in total. The monoisotopic (exact) mass is 265 g/mol. The Morgan fingerprint density at radius 1 is 0.895 bits per heavy atom. The minimum atomic E-state index is -0.877. The standard InChI is InChI=1S/C15H14F3N/c1-10-2-5-15(19-9-10)12-4-3-11(6-16)13(7-17)14(12)8-18/h2-5,9H,6-8H2,1H3. The molecular weight excluding hydrogens is 251 g/mol. The maximum absolute atomic E-state index is 13.2. The van der Waals surface area contributed by atoms with Crippen molar-refractivity contribution in [1.29, 1.82) is 0 Å². The van der Waals surface area contributed by atoms with E-state index in [0.29, 0.717) is 11.3 Å². The van der Waals surface area contributed by atoms with Crippen LogP contribution in [-0.2, 0) is 20.0 Å². The van der Waals surface area contributed by atoms with Gasteiger partial charge in [0.15, 0.2) is 0 Å². The van der Waals surface area contributed by atoms with Crippen molar-refractivity contribution in [2.45, 2.75) is 26.9 Å². The highest BCUT2D eigenvalue weighted by Crippen LogP contribution is 2.29. The zero-order chi connectivity index (χ0) is 13.8. The minimum Gasteiger partial charge on any atom is -0.256 e. The number of hydrogen-bond donors (Lipinski definition) is 0. The number of rotatable bonds is 4. The van der Waals surface area contributed by atoms with Gasteiger partial charge < -0.3 is 0 Å². The highest BCUT2D eigenvalue weighted by Gasteiger charge is 2.15. The van der Waals surface area contributed by atoms with Crippen LogP contribution >= 0.6 is 0 Å². The zero-order valence-corrected chi connectivity index (χ0v) is 10.6. The summed E-state index contributed by atoms with van der Waals surface area (Å²) < 4.78 is 39.0. The number of aromatic nitrogens is 1. The summed E-state index contributed by atoms with van der Waals surface area (Å²) in [5.74, 6) is 0. The molecule has 2 aromatic rings. The number of aryl methyl sites for hydroxylation is 1. The summed E-state index contributed by atoms with van der Waals surface area (Å²) in [6.07, 6.45) is 1.66. The highest BCUT2D eigenvalue weighted by atomic mass is 19.1. The van der Waals surface area contributed by atoms with E-state index in [1.165, 1.54) is 6.07 Å². The first kappa shape index (κ1) is 13.6. The number of nitrogens with zero attached hydrogens (tertiary/aromatic N) is 1. The van der Waals surface area contributed by atoms with E-state index in [0.717, 1.165) is 5.56 Å². The molecule has 0 spiro atoms. The summed E-state index contributed by atoms with van der Waals surface area (Å²) in [5, 5.41) is 0. The molecule has 100 valence electrons. The molecule has 0 bridgehead atoms. The van der Waals surface area contributed by atoms with Crippen molar-refractivity contribution >= 4 is 0 Å². The Hall–Kier alpha value is -1.84. The van der Waals surface area contributed by atoms with Gasteiger partial charge in [-0.25, -0.2) is 13.2 Å². The molecule has 0 unspecified atom stereocenters. The third-order valence-electron chi connectivity index (χ3n) is 3.13. The molecule has 4 heteroatoms. The van der Waals surface area contributed by atoms with Crippen LogP contribution < -0.4 is 0 Å². The molecule has 2 rings (SSSR count). The topological polar surface area (TPSA) is 12.9 Å². The van der Waals surface area contributed by atoms with E-state index in [1.54, 1.807) is 18.3 Å². The Bertz CT molecular complexity index is 564. The second-order valence-electron chi connectivity index (χ2n) is 4.35. The number of pyridine rings is 1. The first-order chi connectivity index (χ1) is 9.21. The lowest BCUT2D eigenvalue weighted by atomic mass is 9.95. The maximum Gasteiger partial charge on any atom is 0.116 e. The Morgan fingerprint density at radius 2 is 1.63 bits per heavy atom. The normalized spacial score (nSPS) is 10.7. The molecule has 1 nitrogen and oxygen atoms in total. The SMILES string of the molecule is Cc1ccc(-c2ccc(CF)c(CF)c2CF)nc1. The molecule has 1 heterocycles. The first-order valence-electron chi connectivity index (χ1n) is 5.95. The van der Waals surface area contributed by atoms with Gasteiger partial charge in [-0.2, -0.15) is 0 Å². The summed E-state index contributed by atoms with van der Waals surface area (Å²) in [6.45, 7) is -0.615. The van der Waals surface area contributed by atoms with Crippen molar-refractivity contribution in [2.75, 3.05) is 0 Å².